The smallest absolute Gasteiger partial charge is 0.229 e. The number of rotatable bonds is 4. The first-order chi connectivity index (χ1) is 12.0. The maximum Gasteiger partial charge on any atom is 0.229 e. The van der Waals surface area contributed by atoms with Crippen molar-refractivity contribution in [3.8, 4) is 5.75 Å². The molecule has 2 aromatic carbocycles. The van der Waals surface area contributed by atoms with Crippen molar-refractivity contribution in [3.05, 3.63) is 53.1 Å². The summed E-state index contributed by atoms with van der Waals surface area (Å²) in [6.07, 6.45) is 0.160. The SMILES string of the molecule is COc1ccc(Cl)cc1N1C[C@H](C(=O)Nc2ccc(C)cc2)CC1=O. The third-order valence-corrected chi connectivity index (χ3v) is 4.48. The molecule has 0 spiro atoms. The third-order valence-electron chi connectivity index (χ3n) is 4.25. The topological polar surface area (TPSA) is 58.6 Å². The number of anilines is 2. The van der Waals surface area contributed by atoms with E-state index in [4.69, 9.17) is 16.3 Å². The molecule has 1 N–H and O–H groups in total. The van der Waals surface area contributed by atoms with E-state index >= 15 is 0 Å². The van der Waals surface area contributed by atoms with E-state index < -0.39 is 5.92 Å². The Hall–Kier alpha value is -2.53. The maximum absolute atomic E-state index is 12.5. The number of nitrogens with zero attached hydrogens (tertiary/aromatic N) is 1. The van der Waals surface area contributed by atoms with Crippen LogP contribution in [0.2, 0.25) is 5.02 Å². The van der Waals surface area contributed by atoms with Crippen LogP contribution in [0, 0.1) is 12.8 Å². The number of nitrogens with one attached hydrogen (secondary N) is 1. The van der Waals surface area contributed by atoms with Crippen molar-refractivity contribution in [2.24, 2.45) is 5.92 Å². The molecule has 1 heterocycles. The number of halogens is 1. The molecule has 25 heavy (non-hydrogen) atoms. The Morgan fingerprint density at radius 3 is 2.64 bits per heavy atom. The van der Waals surface area contributed by atoms with Crippen LogP contribution in [0.4, 0.5) is 11.4 Å². The lowest BCUT2D eigenvalue weighted by atomic mass is 10.1. The lowest BCUT2D eigenvalue weighted by Crippen LogP contribution is -2.28. The molecule has 2 amide bonds. The van der Waals surface area contributed by atoms with Gasteiger partial charge in [-0.25, -0.2) is 0 Å². The quantitative estimate of drug-likeness (QED) is 0.907. The minimum absolute atomic E-state index is 0.121. The highest BCUT2D eigenvalue weighted by atomic mass is 35.5. The van der Waals surface area contributed by atoms with Crippen molar-refractivity contribution in [1.29, 1.82) is 0 Å². The van der Waals surface area contributed by atoms with Crippen LogP contribution in [0.15, 0.2) is 42.5 Å². The number of aryl methyl sites for hydroxylation is 1. The molecule has 0 radical (unpaired) electrons. The Balaban J connectivity index is 1.75. The van der Waals surface area contributed by atoms with Crippen LogP contribution in [0.25, 0.3) is 0 Å². The normalized spacial score (nSPS) is 16.8. The van der Waals surface area contributed by atoms with Gasteiger partial charge in [0.15, 0.2) is 0 Å². The van der Waals surface area contributed by atoms with Crippen molar-refractivity contribution in [2.75, 3.05) is 23.9 Å². The highest BCUT2D eigenvalue weighted by Gasteiger charge is 2.36. The Bertz CT molecular complexity index is 805. The van der Waals surface area contributed by atoms with Crippen LogP contribution >= 0.6 is 11.6 Å². The summed E-state index contributed by atoms with van der Waals surface area (Å²) >= 11 is 6.05. The molecule has 0 saturated carbocycles. The van der Waals surface area contributed by atoms with Crippen LogP contribution in [-0.4, -0.2) is 25.5 Å². The van der Waals surface area contributed by atoms with Gasteiger partial charge in [-0.2, -0.15) is 0 Å². The molecule has 1 aliphatic rings. The molecular formula is C19H19ClN2O3. The summed E-state index contributed by atoms with van der Waals surface area (Å²) in [6.45, 7) is 2.28. The standard InChI is InChI=1S/C19H19ClN2O3/c1-12-3-6-15(7-4-12)21-19(24)13-9-18(23)22(11-13)16-10-14(20)5-8-17(16)25-2/h3-8,10,13H,9,11H2,1-2H3,(H,21,24)/t13-/m1/s1. The van der Waals surface area contributed by atoms with E-state index in [1.54, 1.807) is 23.1 Å². The molecule has 0 bridgehead atoms. The first-order valence-electron chi connectivity index (χ1n) is 7.99. The van der Waals surface area contributed by atoms with Gasteiger partial charge in [0.1, 0.15) is 5.75 Å². The minimum atomic E-state index is -0.419. The van der Waals surface area contributed by atoms with Gasteiger partial charge in [0, 0.05) is 23.7 Å². The molecule has 3 rings (SSSR count). The fraction of sp³-hybridized carbons (Fsp3) is 0.263. The van der Waals surface area contributed by atoms with Crippen molar-refractivity contribution in [1.82, 2.24) is 0 Å². The van der Waals surface area contributed by atoms with Crippen LogP contribution in [0.5, 0.6) is 5.75 Å². The number of hydrogen-bond acceptors (Lipinski definition) is 3. The zero-order valence-corrected chi connectivity index (χ0v) is 14.8. The molecule has 130 valence electrons. The Morgan fingerprint density at radius 1 is 1.24 bits per heavy atom. The van der Waals surface area contributed by atoms with Gasteiger partial charge < -0.3 is 15.0 Å². The summed E-state index contributed by atoms with van der Waals surface area (Å²) in [4.78, 5) is 26.5. The Kier molecular flexibility index (Phi) is 4.95. The molecule has 5 nitrogen and oxygen atoms in total. The van der Waals surface area contributed by atoms with Crippen molar-refractivity contribution in [2.45, 2.75) is 13.3 Å². The van der Waals surface area contributed by atoms with Gasteiger partial charge in [-0.05, 0) is 37.3 Å². The number of carbonyl (C=O) groups excluding carboxylic acids is 2. The van der Waals surface area contributed by atoms with Gasteiger partial charge in [-0.1, -0.05) is 29.3 Å². The van der Waals surface area contributed by atoms with Crippen LogP contribution in [0.1, 0.15) is 12.0 Å². The first kappa shape index (κ1) is 17.3. The Labute approximate surface area is 151 Å². The van der Waals surface area contributed by atoms with Crippen LogP contribution < -0.4 is 15.0 Å². The van der Waals surface area contributed by atoms with E-state index in [9.17, 15) is 9.59 Å². The lowest BCUT2D eigenvalue weighted by Gasteiger charge is -2.20. The number of hydrogen-bond donors (Lipinski definition) is 1. The molecule has 0 aliphatic carbocycles. The van der Waals surface area contributed by atoms with Gasteiger partial charge in [0.05, 0.1) is 18.7 Å². The first-order valence-corrected chi connectivity index (χ1v) is 8.37. The van der Waals surface area contributed by atoms with Gasteiger partial charge >= 0.3 is 0 Å². The van der Waals surface area contributed by atoms with E-state index in [1.165, 1.54) is 7.11 Å². The van der Waals surface area contributed by atoms with Crippen LogP contribution in [-0.2, 0) is 9.59 Å². The second-order valence-corrected chi connectivity index (χ2v) is 6.51. The van der Waals surface area contributed by atoms with E-state index in [1.807, 2.05) is 31.2 Å². The lowest BCUT2D eigenvalue weighted by molar-refractivity contribution is -0.122. The molecule has 6 heteroatoms. The van der Waals surface area contributed by atoms with E-state index in [0.717, 1.165) is 11.3 Å². The molecule has 1 atom stereocenters. The summed E-state index contributed by atoms with van der Waals surface area (Å²) in [5.74, 6) is -0.153. The molecule has 1 aliphatic heterocycles. The van der Waals surface area contributed by atoms with Crippen molar-refractivity contribution >= 4 is 34.8 Å². The number of carbonyl (C=O) groups is 2. The molecule has 1 saturated heterocycles. The third kappa shape index (κ3) is 3.77. The second kappa shape index (κ2) is 7.15. The van der Waals surface area contributed by atoms with Gasteiger partial charge in [-0.15, -0.1) is 0 Å². The molecule has 0 unspecified atom stereocenters. The fourth-order valence-electron chi connectivity index (χ4n) is 2.87. The molecule has 1 fully saturated rings. The second-order valence-electron chi connectivity index (χ2n) is 6.08. The van der Waals surface area contributed by atoms with E-state index in [0.29, 0.717) is 23.0 Å². The zero-order chi connectivity index (χ0) is 18.0. The van der Waals surface area contributed by atoms with Crippen LogP contribution in [0.3, 0.4) is 0 Å². The number of methoxy groups -OCH3 is 1. The zero-order valence-electron chi connectivity index (χ0n) is 14.1. The van der Waals surface area contributed by atoms with Crippen molar-refractivity contribution in [3.63, 3.8) is 0 Å². The largest absolute Gasteiger partial charge is 0.495 e. The summed E-state index contributed by atoms with van der Waals surface area (Å²) < 4.78 is 5.31. The predicted octanol–water partition coefficient (Wildman–Crippen LogP) is 3.65. The highest BCUT2D eigenvalue weighted by Crippen LogP contribution is 2.35. The summed E-state index contributed by atoms with van der Waals surface area (Å²) in [5.41, 5.74) is 2.43. The summed E-state index contributed by atoms with van der Waals surface area (Å²) in [6, 6.07) is 12.6. The molecule has 2 aromatic rings. The molecule has 0 aromatic heterocycles. The number of benzene rings is 2. The summed E-state index contributed by atoms with van der Waals surface area (Å²) in [5, 5.41) is 3.38. The highest BCUT2D eigenvalue weighted by molar-refractivity contribution is 6.31. The van der Waals surface area contributed by atoms with E-state index in [2.05, 4.69) is 5.32 Å². The van der Waals surface area contributed by atoms with Gasteiger partial charge in [0.25, 0.3) is 0 Å². The average molecular weight is 359 g/mol. The minimum Gasteiger partial charge on any atom is -0.495 e. The number of ether oxygens (including phenoxy) is 1. The van der Waals surface area contributed by atoms with E-state index in [-0.39, 0.29) is 18.2 Å². The predicted molar refractivity (Wildman–Crippen MR) is 98.3 cm³/mol. The monoisotopic (exact) mass is 358 g/mol. The molecular weight excluding hydrogens is 340 g/mol. The van der Waals surface area contributed by atoms with Gasteiger partial charge in [0.2, 0.25) is 11.8 Å². The van der Waals surface area contributed by atoms with Gasteiger partial charge in [-0.3, -0.25) is 9.59 Å². The average Bonchev–Trinajstić information content (AvgIpc) is 2.98. The maximum atomic E-state index is 12.5. The summed E-state index contributed by atoms with van der Waals surface area (Å²) in [7, 11) is 1.54. The Morgan fingerprint density at radius 2 is 1.96 bits per heavy atom. The number of amides is 2. The van der Waals surface area contributed by atoms with Crippen molar-refractivity contribution < 1.29 is 14.3 Å². The fourth-order valence-corrected chi connectivity index (χ4v) is 3.04.